The van der Waals surface area contributed by atoms with Crippen LogP contribution in [-0.2, 0) is 4.79 Å². The Bertz CT molecular complexity index is 513. The van der Waals surface area contributed by atoms with Crippen LogP contribution >= 0.6 is 22.6 Å². The number of carbonyl (C=O) groups excluding carboxylic acids is 1. The number of hydrogen-bond donors (Lipinski definition) is 1. The maximum absolute atomic E-state index is 13.4. The standard InChI is InChI=1S/C13H13FINO3/c14-10-7-9(1-2-11(10)15)12(17)16-5-3-8(4-6-16)13(18)19/h1-2,7-8H,3-6H2,(H,18,19). The van der Waals surface area contributed by atoms with E-state index in [-0.39, 0.29) is 11.8 Å². The van der Waals surface area contributed by atoms with E-state index in [0.717, 1.165) is 0 Å². The van der Waals surface area contributed by atoms with Gasteiger partial charge in [-0.1, -0.05) is 0 Å². The quantitative estimate of drug-likeness (QED) is 0.806. The summed E-state index contributed by atoms with van der Waals surface area (Å²) in [4.78, 5) is 24.6. The summed E-state index contributed by atoms with van der Waals surface area (Å²) in [6.45, 7) is 0.812. The number of benzene rings is 1. The van der Waals surface area contributed by atoms with Gasteiger partial charge in [0.15, 0.2) is 0 Å². The summed E-state index contributed by atoms with van der Waals surface area (Å²) >= 11 is 1.86. The Labute approximate surface area is 123 Å². The molecule has 0 bridgehead atoms. The molecule has 19 heavy (non-hydrogen) atoms. The molecule has 0 aliphatic carbocycles. The fourth-order valence-electron chi connectivity index (χ4n) is 2.14. The van der Waals surface area contributed by atoms with Crippen molar-refractivity contribution in [2.45, 2.75) is 12.8 Å². The zero-order chi connectivity index (χ0) is 14.0. The van der Waals surface area contributed by atoms with Crippen LogP contribution < -0.4 is 0 Å². The number of piperidine rings is 1. The molecule has 1 aromatic rings. The van der Waals surface area contributed by atoms with Crippen LogP contribution in [-0.4, -0.2) is 35.0 Å². The second kappa shape index (κ2) is 5.85. The van der Waals surface area contributed by atoms with Crippen molar-refractivity contribution in [3.05, 3.63) is 33.1 Å². The van der Waals surface area contributed by atoms with Crippen molar-refractivity contribution in [1.82, 2.24) is 4.90 Å². The fourth-order valence-corrected chi connectivity index (χ4v) is 2.48. The number of halogens is 2. The van der Waals surface area contributed by atoms with Crippen molar-refractivity contribution in [2.75, 3.05) is 13.1 Å². The highest BCUT2D eigenvalue weighted by atomic mass is 127. The predicted molar refractivity (Wildman–Crippen MR) is 75.4 cm³/mol. The van der Waals surface area contributed by atoms with E-state index in [2.05, 4.69) is 0 Å². The number of hydrogen-bond acceptors (Lipinski definition) is 2. The van der Waals surface area contributed by atoms with E-state index in [1.165, 1.54) is 6.07 Å². The third-order valence-corrected chi connectivity index (χ3v) is 4.17. The summed E-state index contributed by atoms with van der Waals surface area (Å²) < 4.78 is 13.9. The van der Waals surface area contributed by atoms with Crippen molar-refractivity contribution in [3.63, 3.8) is 0 Å². The maximum atomic E-state index is 13.4. The minimum Gasteiger partial charge on any atom is -0.481 e. The van der Waals surface area contributed by atoms with E-state index in [0.29, 0.717) is 35.1 Å². The van der Waals surface area contributed by atoms with Crippen molar-refractivity contribution in [1.29, 1.82) is 0 Å². The smallest absolute Gasteiger partial charge is 0.306 e. The molecule has 1 fully saturated rings. The topological polar surface area (TPSA) is 57.6 Å². The number of carboxylic acid groups (broad SMARTS) is 1. The molecule has 2 rings (SSSR count). The molecule has 102 valence electrons. The first-order valence-corrected chi connectivity index (χ1v) is 7.04. The van der Waals surface area contributed by atoms with Gasteiger partial charge in [-0.25, -0.2) is 4.39 Å². The van der Waals surface area contributed by atoms with Crippen LogP contribution in [0.1, 0.15) is 23.2 Å². The van der Waals surface area contributed by atoms with Gasteiger partial charge in [0.1, 0.15) is 5.82 Å². The summed E-state index contributed by atoms with van der Waals surface area (Å²) in [5.41, 5.74) is 0.312. The van der Waals surface area contributed by atoms with Crippen molar-refractivity contribution >= 4 is 34.5 Å². The Morgan fingerprint density at radius 1 is 1.32 bits per heavy atom. The Balaban J connectivity index is 2.05. The molecular weight excluding hydrogens is 364 g/mol. The summed E-state index contributed by atoms with van der Waals surface area (Å²) in [6, 6.07) is 4.39. The third-order valence-electron chi connectivity index (χ3n) is 3.30. The Hall–Kier alpha value is -1.18. The molecule has 1 N–H and O–H groups in total. The normalized spacial score (nSPS) is 16.4. The van der Waals surface area contributed by atoms with Gasteiger partial charge in [-0.05, 0) is 53.6 Å². The molecule has 1 aromatic carbocycles. The molecule has 0 spiro atoms. The van der Waals surface area contributed by atoms with Gasteiger partial charge < -0.3 is 10.0 Å². The van der Waals surface area contributed by atoms with Crippen LogP contribution in [0.25, 0.3) is 0 Å². The highest BCUT2D eigenvalue weighted by Crippen LogP contribution is 2.20. The van der Waals surface area contributed by atoms with Gasteiger partial charge in [0.05, 0.1) is 5.92 Å². The Morgan fingerprint density at radius 2 is 1.95 bits per heavy atom. The number of amides is 1. The molecule has 1 saturated heterocycles. The number of carbonyl (C=O) groups is 2. The lowest BCUT2D eigenvalue weighted by atomic mass is 9.96. The molecule has 1 heterocycles. The van der Waals surface area contributed by atoms with E-state index in [1.807, 2.05) is 22.6 Å². The lowest BCUT2D eigenvalue weighted by molar-refractivity contribution is -0.143. The van der Waals surface area contributed by atoms with Gasteiger partial charge in [-0.3, -0.25) is 9.59 Å². The average molecular weight is 377 g/mol. The fraction of sp³-hybridized carbons (Fsp3) is 0.385. The van der Waals surface area contributed by atoms with Gasteiger partial charge in [0.2, 0.25) is 0 Å². The Morgan fingerprint density at radius 3 is 2.47 bits per heavy atom. The second-order valence-corrected chi connectivity index (χ2v) is 5.70. The Kier molecular flexibility index (Phi) is 4.38. The molecule has 1 aliphatic heterocycles. The van der Waals surface area contributed by atoms with Crippen LogP contribution in [0.3, 0.4) is 0 Å². The van der Waals surface area contributed by atoms with E-state index in [9.17, 15) is 14.0 Å². The molecule has 0 radical (unpaired) electrons. The molecule has 6 heteroatoms. The molecule has 0 unspecified atom stereocenters. The van der Waals surface area contributed by atoms with E-state index in [1.54, 1.807) is 17.0 Å². The average Bonchev–Trinajstić information content (AvgIpc) is 2.41. The predicted octanol–water partition coefficient (Wildman–Crippen LogP) is 2.37. The zero-order valence-electron chi connectivity index (χ0n) is 10.1. The second-order valence-electron chi connectivity index (χ2n) is 4.53. The largest absolute Gasteiger partial charge is 0.481 e. The molecule has 0 atom stereocenters. The van der Waals surface area contributed by atoms with Gasteiger partial charge in [-0.15, -0.1) is 0 Å². The summed E-state index contributed by atoms with van der Waals surface area (Å²) in [7, 11) is 0. The van der Waals surface area contributed by atoms with Crippen LogP contribution in [0.2, 0.25) is 0 Å². The number of rotatable bonds is 2. The van der Waals surface area contributed by atoms with Crippen molar-refractivity contribution in [2.24, 2.45) is 5.92 Å². The third kappa shape index (κ3) is 3.23. The van der Waals surface area contributed by atoms with E-state index < -0.39 is 11.8 Å². The SMILES string of the molecule is O=C(O)C1CCN(C(=O)c2ccc(I)c(F)c2)CC1. The summed E-state index contributed by atoms with van der Waals surface area (Å²) in [5.74, 6) is -1.84. The maximum Gasteiger partial charge on any atom is 0.306 e. The molecule has 0 saturated carbocycles. The van der Waals surface area contributed by atoms with Crippen LogP contribution in [0.4, 0.5) is 4.39 Å². The molecule has 1 aliphatic rings. The van der Waals surface area contributed by atoms with Crippen molar-refractivity contribution in [3.8, 4) is 0 Å². The number of likely N-dealkylation sites (tertiary alicyclic amines) is 1. The number of aliphatic carboxylic acids is 1. The molecule has 1 amide bonds. The molecule has 4 nitrogen and oxygen atoms in total. The van der Waals surface area contributed by atoms with Gasteiger partial charge in [0.25, 0.3) is 5.91 Å². The minimum atomic E-state index is -0.813. The lowest BCUT2D eigenvalue weighted by Gasteiger charge is -2.30. The number of carboxylic acids is 1. The van der Waals surface area contributed by atoms with E-state index in [4.69, 9.17) is 5.11 Å². The molecule has 0 aromatic heterocycles. The van der Waals surface area contributed by atoms with Gasteiger partial charge >= 0.3 is 5.97 Å². The lowest BCUT2D eigenvalue weighted by Crippen LogP contribution is -2.40. The van der Waals surface area contributed by atoms with E-state index >= 15 is 0 Å². The van der Waals surface area contributed by atoms with Crippen LogP contribution in [0, 0.1) is 15.3 Å². The highest BCUT2D eigenvalue weighted by Gasteiger charge is 2.27. The van der Waals surface area contributed by atoms with Gasteiger partial charge in [0, 0.05) is 22.2 Å². The number of nitrogens with zero attached hydrogens (tertiary/aromatic N) is 1. The van der Waals surface area contributed by atoms with Crippen LogP contribution in [0.15, 0.2) is 18.2 Å². The first-order valence-electron chi connectivity index (χ1n) is 5.96. The monoisotopic (exact) mass is 377 g/mol. The first kappa shape index (κ1) is 14.2. The zero-order valence-corrected chi connectivity index (χ0v) is 12.3. The highest BCUT2D eigenvalue weighted by molar-refractivity contribution is 14.1. The van der Waals surface area contributed by atoms with Crippen molar-refractivity contribution < 1.29 is 19.1 Å². The molecular formula is C13H13FINO3. The summed E-state index contributed by atoms with van der Waals surface area (Å²) in [5, 5.41) is 8.89. The summed E-state index contributed by atoms with van der Waals surface area (Å²) in [6.07, 6.45) is 0.905. The first-order chi connectivity index (χ1) is 8.99. The van der Waals surface area contributed by atoms with Crippen LogP contribution in [0.5, 0.6) is 0 Å². The van der Waals surface area contributed by atoms with Gasteiger partial charge in [-0.2, -0.15) is 0 Å². The minimum absolute atomic E-state index is 0.237.